The minimum Gasteiger partial charge on any atom is -0.457 e. The molecule has 0 unspecified atom stereocenters. The molecule has 0 radical (unpaired) electrons. The summed E-state index contributed by atoms with van der Waals surface area (Å²) >= 11 is 0. The average molecular weight is 308 g/mol. The van der Waals surface area contributed by atoms with Crippen molar-refractivity contribution in [3.63, 3.8) is 0 Å². The van der Waals surface area contributed by atoms with Crippen molar-refractivity contribution in [2.45, 2.75) is 25.7 Å². The lowest BCUT2D eigenvalue weighted by Crippen LogP contribution is -2.44. The molecule has 0 aromatic heterocycles. The molecule has 2 aliphatic heterocycles. The highest BCUT2D eigenvalue weighted by molar-refractivity contribution is 5.78. The second kappa shape index (κ2) is 9.60. The summed E-state index contributed by atoms with van der Waals surface area (Å²) in [4.78, 5) is 21.1. The van der Waals surface area contributed by atoms with Crippen LogP contribution >= 0.6 is 0 Å². The van der Waals surface area contributed by atoms with Crippen LogP contribution in [0.4, 0.5) is 0 Å². The highest BCUT2D eigenvalue weighted by Crippen LogP contribution is 2.06. The molecule has 0 N–H and O–H groups in total. The number of hydrogen-bond donors (Lipinski definition) is 0. The summed E-state index contributed by atoms with van der Waals surface area (Å²) < 4.78 is 0. The van der Waals surface area contributed by atoms with Crippen molar-refractivity contribution in [2.24, 2.45) is 0 Å². The van der Waals surface area contributed by atoms with Crippen molar-refractivity contribution >= 4 is 5.78 Å². The van der Waals surface area contributed by atoms with Gasteiger partial charge in [-0.15, -0.1) is 0 Å². The molecule has 0 spiro atoms. The Bertz CT molecular complexity index is 291. The molecule has 5 heteroatoms. The first-order chi connectivity index (χ1) is 10.6. The van der Waals surface area contributed by atoms with Crippen molar-refractivity contribution < 1.29 is 4.79 Å². The van der Waals surface area contributed by atoms with Gasteiger partial charge in [-0.1, -0.05) is 0 Å². The van der Waals surface area contributed by atoms with E-state index in [1.807, 2.05) is 0 Å². The van der Waals surface area contributed by atoms with Crippen LogP contribution < -0.4 is 0 Å². The normalized spacial score (nSPS) is 23.0. The summed E-state index contributed by atoms with van der Waals surface area (Å²) in [6.45, 7) is 10.7. The highest BCUT2D eigenvalue weighted by Gasteiger charge is 2.13. The van der Waals surface area contributed by atoms with Crippen molar-refractivity contribution in [3.05, 3.63) is 14.1 Å². The van der Waals surface area contributed by atoms with Gasteiger partial charge in [0.05, 0.1) is 0 Å². The monoisotopic (exact) mass is 308 g/mol. The summed E-state index contributed by atoms with van der Waals surface area (Å²) in [6.07, 6.45) is 3.51. The van der Waals surface area contributed by atoms with Gasteiger partial charge in [-0.2, -0.15) is 0 Å². The van der Waals surface area contributed by atoms with E-state index in [0.29, 0.717) is 5.78 Å². The van der Waals surface area contributed by atoms with Crippen LogP contribution in [0.1, 0.15) is 25.7 Å². The molecule has 2 fully saturated rings. The van der Waals surface area contributed by atoms with Crippen LogP contribution in [-0.4, -0.2) is 90.8 Å². The summed E-state index contributed by atoms with van der Waals surface area (Å²) in [5.74, 6) is 0.437. The van der Waals surface area contributed by atoms with E-state index in [1.54, 1.807) is 0 Å². The van der Waals surface area contributed by atoms with Crippen LogP contribution in [0.5, 0.6) is 0 Å². The lowest BCUT2D eigenvalue weighted by molar-refractivity contribution is -0.119. The Hall–Kier alpha value is -0.490. The quantitative estimate of drug-likeness (QED) is 0.623. The van der Waals surface area contributed by atoms with Crippen LogP contribution in [0.2, 0.25) is 0 Å². The number of hydrogen-bond acceptors (Lipinski definition) is 5. The Morgan fingerprint density at radius 2 is 1.05 bits per heavy atom. The van der Waals surface area contributed by atoms with Gasteiger partial charge in [0.1, 0.15) is 5.78 Å². The van der Waals surface area contributed by atoms with E-state index in [0.717, 1.165) is 91.1 Å². The third-order valence-corrected chi connectivity index (χ3v) is 4.79. The minimum atomic E-state index is 0.437. The summed E-state index contributed by atoms with van der Waals surface area (Å²) in [6, 6.07) is 0. The van der Waals surface area contributed by atoms with Gasteiger partial charge in [-0.3, -0.25) is 18.9 Å². The average Bonchev–Trinajstić information content (AvgIpc) is 2.51. The van der Waals surface area contributed by atoms with Crippen LogP contribution in [0.15, 0.2) is 0 Å². The third kappa shape index (κ3) is 6.73. The smallest absolute Gasteiger partial charge is 0.133 e. The zero-order valence-electron chi connectivity index (χ0n) is 14.0. The van der Waals surface area contributed by atoms with E-state index in [2.05, 4.69) is 33.7 Å². The number of ketones is 1. The first-order valence-electron chi connectivity index (χ1n) is 8.71. The van der Waals surface area contributed by atoms with Gasteiger partial charge in [0.25, 0.3) is 0 Å². The fourth-order valence-corrected chi connectivity index (χ4v) is 3.15. The molecule has 2 saturated heterocycles. The van der Waals surface area contributed by atoms with E-state index in [9.17, 15) is 4.79 Å². The van der Waals surface area contributed by atoms with E-state index >= 15 is 0 Å². The SMILES string of the molecule is [CH2-]N1CCN(CCCC(=O)CCCN2CCN([CH2-])CC2)CC1. The zero-order chi connectivity index (χ0) is 15.8. The van der Waals surface area contributed by atoms with Gasteiger partial charge < -0.3 is 19.6 Å². The Kier molecular flexibility index (Phi) is 7.80. The fraction of sp³-hybridized carbons (Fsp3) is 0.824. The number of carbonyl (C=O) groups is 1. The number of Topliss-reactive ketones (excluding diaryl/α,β-unsaturated/α-hetero) is 1. The first-order valence-corrected chi connectivity index (χ1v) is 8.71. The molecule has 0 amide bonds. The van der Waals surface area contributed by atoms with Gasteiger partial charge in [0, 0.05) is 39.0 Å². The second-order valence-corrected chi connectivity index (χ2v) is 6.67. The molecule has 0 atom stereocenters. The molecular formula is C17H32N4O-2. The van der Waals surface area contributed by atoms with E-state index in [-0.39, 0.29) is 0 Å². The molecule has 22 heavy (non-hydrogen) atoms. The van der Waals surface area contributed by atoms with Gasteiger partial charge >= 0.3 is 0 Å². The maximum Gasteiger partial charge on any atom is 0.133 e. The predicted molar refractivity (Wildman–Crippen MR) is 90.2 cm³/mol. The molecule has 0 aromatic carbocycles. The lowest BCUT2D eigenvalue weighted by atomic mass is 10.1. The summed E-state index contributed by atoms with van der Waals surface area (Å²) in [5, 5.41) is 0. The standard InChI is InChI=1S/C17H32N4O/c1-18-9-13-20(14-10-18)7-3-5-17(22)6-4-8-21-15-11-19(2)12-16-21/h1-16H2/q-2. The van der Waals surface area contributed by atoms with Crippen molar-refractivity contribution in [2.75, 3.05) is 65.4 Å². The number of nitrogens with zero attached hydrogens (tertiary/aromatic N) is 4. The van der Waals surface area contributed by atoms with E-state index < -0.39 is 0 Å². The van der Waals surface area contributed by atoms with Crippen molar-refractivity contribution in [1.29, 1.82) is 0 Å². The van der Waals surface area contributed by atoms with Crippen molar-refractivity contribution in [3.8, 4) is 0 Å². The third-order valence-electron chi connectivity index (χ3n) is 4.79. The molecule has 2 aliphatic rings. The second-order valence-electron chi connectivity index (χ2n) is 6.67. The predicted octanol–water partition coefficient (Wildman–Crippen LogP) is 0.934. The van der Waals surface area contributed by atoms with E-state index in [4.69, 9.17) is 0 Å². The molecule has 0 bridgehead atoms. The molecule has 128 valence electrons. The van der Waals surface area contributed by atoms with Gasteiger partial charge in [-0.25, -0.2) is 0 Å². The molecule has 0 aliphatic carbocycles. The van der Waals surface area contributed by atoms with E-state index in [1.165, 1.54) is 0 Å². The van der Waals surface area contributed by atoms with Crippen LogP contribution in [0, 0.1) is 14.1 Å². The molecular weight excluding hydrogens is 276 g/mol. The fourth-order valence-electron chi connectivity index (χ4n) is 3.15. The summed E-state index contributed by atoms with van der Waals surface area (Å²) in [5.41, 5.74) is 0. The molecule has 0 aromatic rings. The number of piperazine rings is 2. The maximum absolute atomic E-state index is 12.0. The topological polar surface area (TPSA) is 30.0 Å². The highest BCUT2D eigenvalue weighted by atomic mass is 16.1. The largest absolute Gasteiger partial charge is 0.457 e. The molecule has 0 saturated carbocycles. The minimum absolute atomic E-state index is 0.437. The van der Waals surface area contributed by atoms with Crippen LogP contribution in [-0.2, 0) is 4.79 Å². The van der Waals surface area contributed by atoms with Gasteiger partial charge in [0.15, 0.2) is 0 Å². The van der Waals surface area contributed by atoms with Crippen LogP contribution in [0.25, 0.3) is 0 Å². The lowest BCUT2D eigenvalue weighted by Gasteiger charge is -2.37. The van der Waals surface area contributed by atoms with Gasteiger partial charge in [-0.05, 0) is 52.1 Å². The Labute approximate surface area is 136 Å². The molecule has 2 rings (SSSR count). The molecule has 5 nitrogen and oxygen atoms in total. The Morgan fingerprint density at radius 3 is 1.41 bits per heavy atom. The van der Waals surface area contributed by atoms with Crippen LogP contribution in [0.3, 0.4) is 0 Å². The first kappa shape index (κ1) is 17.9. The Balaban J connectivity index is 1.46. The van der Waals surface area contributed by atoms with Crippen molar-refractivity contribution in [1.82, 2.24) is 19.6 Å². The number of rotatable bonds is 8. The van der Waals surface area contributed by atoms with Gasteiger partial charge in [0.2, 0.25) is 0 Å². The maximum atomic E-state index is 12.0. The molecule has 2 heterocycles. The Morgan fingerprint density at radius 1 is 0.682 bits per heavy atom. The number of carbonyl (C=O) groups excluding carboxylic acids is 1. The summed E-state index contributed by atoms with van der Waals surface area (Å²) in [7, 11) is 7.92. The zero-order valence-corrected chi connectivity index (χ0v) is 14.0.